The molecule has 0 aromatic heterocycles. The van der Waals surface area contributed by atoms with Crippen molar-refractivity contribution in [1.82, 2.24) is 0 Å². The highest BCUT2D eigenvalue weighted by Crippen LogP contribution is 2.31. The number of rotatable bonds is 4. The van der Waals surface area contributed by atoms with Crippen LogP contribution in [0.1, 0.15) is 36.0 Å². The van der Waals surface area contributed by atoms with Crippen molar-refractivity contribution in [3.05, 3.63) is 59.9 Å². The summed E-state index contributed by atoms with van der Waals surface area (Å²) in [7, 11) is 0. The van der Waals surface area contributed by atoms with Gasteiger partial charge in [0.2, 0.25) is 0 Å². The molecule has 3 rings (SSSR count). The fourth-order valence-electron chi connectivity index (χ4n) is 2.75. The predicted octanol–water partition coefficient (Wildman–Crippen LogP) is 4.14. The zero-order chi connectivity index (χ0) is 16.9. The van der Waals surface area contributed by atoms with Gasteiger partial charge in [-0.15, -0.1) is 0 Å². The van der Waals surface area contributed by atoms with Gasteiger partial charge in [0.05, 0.1) is 11.5 Å². The SMILES string of the molecule is O=C(Oc1ccccc1OC(=O)C1CCCC1)c1ccccc1F. The number of hydrogen-bond acceptors (Lipinski definition) is 4. The van der Waals surface area contributed by atoms with Crippen molar-refractivity contribution >= 4 is 11.9 Å². The molecule has 0 amide bonds. The maximum atomic E-state index is 13.7. The molecule has 0 radical (unpaired) electrons. The van der Waals surface area contributed by atoms with Gasteiger partial charge in [-0.05, 0) is 37.1 Å². The summed E-state index contributed by atoms with van der Waals surface area (Å²) in [5, 5.41) is 0. The second-order valence-corrected chi connectivity index (χ2v) is 5.72. The van der Waals surface area contributed by atoms with E-state index < -0.39 is 11.8 Å². The Kier molecular flexibility index (Phi) is 4.89. The summed E-state index contributed by atoms with van der Waals surface area (Å²) >= 11 is 0. The zero-order valence-corrected chi connectivity index (χ0v) is 13.0. The van der Waals surface area contributed by atoms with Crippen molar-refractivity contribution < 1.29 is 23.5 Å². The summed E-state index contributed by atoms with van der Waals surface area (Å²) in [4.78, 5) is 24.3. The van der Waals surface area contributed by atoms with E-state index in [4.69, 9.17) is 9.47 Å². The molecular weight excluding hydrogens is 311 g/mol. The number of ether oxygens (including phenoxy) is 2. The molecule has 0 heterocycles. The molecule has 2 aromatic carbocycles. The minimum absolute atomic E-state index is 0.0945. The Labute approximate surface area is 139 Å². The van der Waals surface area contributed by atoms with Crippen LogP contribution in [0.2, 0.25) is 0 Å². The van der Waals surface area contributed by atoms with Crippen molar-refractivity contribution in [1.29, 1.82) is 0 Å². The average molecular weight is 328 g/mol. The van der Waals surface area contributed by atoms with Crippen LogP contribution in [0.4, 0.5) is 4.39 Å². The molecule has 0 saturated heterocycles. The first kappa shape index (κ1) is 16.2. The van der Waals surface area contributed by atoms with E-state index in [-0.39, 0.29) is 28.9 Å². The second kappa shape index (κ2) is 7.25. The van der Waals surface area contributed by atoms with Crippen LogP contribution < -0.4 is 9.47 Å². The Balaban J connectivity index is 1.75. The van der Waals surface area contributed by atoms with Gasteiger partial charge in [0.1, 0.15) is 5.82 Å². The van der Waals surface area contributed by atoms with Gasteiger partial charge in [-0.25, -0.2) is 9.18 Å². The minimum Gasteiger partial charge on any atom is -0.422 e. The van der Waals surface area contributed by atoms with Gasteiger partial charge in [0.25, 0.3) is 0 Å². The average Bonchev–Trinajstić information content (AvgIpc) is 3.11. The lowest BCUT2D eigenvalue weighted by Crippen LogP contribution is -2.18. The van der Waals surface area contributed by atoms with Crippen LogP contribution >= 0.6 is 0 Å². The van der Waals surface area contributed by atoms with Gasteiger partial charge >= 0.3 is 11.9 Å². The van der Waals surface area contributed by atoms with Crippen LogP contribution in [0.5, 0.6) is 11.5 Å². The predicted molar refractivity (Wildman–Crippen MR) is 85.4 cm³/mol. The number of carbonyl (C=O) groups is 2. The van der Waals surface area contributed by atoms with Crippen molar-refractivity contribution in [2.24, 2.45) is 5.92 Å². The Hall–Kier alpha value is -2.69. The molecule has 0 N–H and O–H groups in total. The number of carbonyl (C=O) groups excluding carboxylic acids is 2. The van der Waals surface area contributed by atoms with Crippen LogP contribution in [-0.2, 0) is 4.79 Å². The molecule has 1 fully saturated rings. The van der Waals surface area contributed by atoms with Crippen LogP contribution in [0.3, 0.4) is 0 Å². The van der Waals surface area contributed by atoms with E-state index >= 15 is 0 Å². The number of para-hydroxylation sites is 2. The van der Waals surface area contributed by atoms with Gasteiger partial charge in [-0.3, -0.25) is 4.79 Å². The third-order valence-electron chi connectivity index (χ3n) is 4.04. The molecule has 1 saturated carbocycles. The van der Waals surface area contributed by atoms with E-state index in [1.54, 1.807) is 24.3 Å². The number of halogens is 1. The maximum Gasteiger partial charge on any atom is 0.346 e. The van der Waals surface area contributed by atoms with E-state index in [2.05, 4.69) is 0 Å². The summed E-state index contributed by atoms with van der Waals surface area (Å²) in [6.07, 6.45) is 3.67. The largest absolute Gasteiger partial charge is 0.422 e. The van der Waals surface area contributed by atoms with E-state index in [9.17, 15) is 14.0 Å². The van der Waals surface area contributed by atoms with Crippen molar-refractivity contribution in [3.63, 3.8) is 0 Å². The number of hydrogen-bond donors (Lipinski definition) is 0. The highest BCUT2D eigenvalue weighted by atomic mass is 19.1. The third kappa shape index (κ3) is 3.62. The molecule has 0 unspecified atom stereocenters. The molecule has 0 spiro atoms. The second-order valence-electron chi connectivity index (χ2n) is 5.72. The van der Waals surface area contributed by atoms with E-state index in [0.717, 1.165) is 25.7 Å². The van der Waals surface area contributed by atoms with E-state index in [1.807, 2.05) is 0 Å². The Morgan fingerprint density at radius 3 is 2.12 bits per heavy atom. The lowest BCUT2D eigenvalue weighted by Gasteiger charge is -2.13. The Bertz CT molecular complexity index is 751. The topological polar surface area (TPSA) is 52.6 Å². The van der Waals surface area contributed by atoms with Gasteiger partial charge in [0.15, 0.2) is 11.5 Å². The highest BCUT2D eigenvalue weighted by molar-refractivity contribution is 5.91. The molecule has 5 heteroatoms. The van der Waals surface area contributed by atoms with Crippen LogP contribution in [-0.4, -0.2) is 11.9 Å². The standard InChI is InChI=1S/C19H17FO4/c20-15-10-4-3-9-14(15)19(22)24-17-12-6-5-11-16(17)23-18(21)13-7-1-2-8-13/h3-6,9-13H,1-2,7-8H2. The third-order valence-corrected chi connectivity index (χ3v) is 4.04. The lowest BCUT2D eigenvalue weighted by atomic mass is 10.1. The summed E-state index contributed by atoms with van der Waals surface area (Å²) in [6.45, 7) is 0. The van der Waals surface area contributed by atoms with E-state index in [1.165, 1.54) is 24.3 Å². The molecule has 0 bridgehead atoms. The molecule has 1 aliphatic rings. The summed E-state index contributed by atoms with van der Waals surface area (Å²) in [5.41, 5.74) is -0.172. The number of benzene rings is 2. The highest BCUT2D eigenvalue weighted by Gasteiger charge is 2.26. The molecule has 124 valence electrons. The summed E-state index contributed by atoms with van der Waals surface area (Å²) < 4.78 is 24.3. The summed E-state index contributed by atoms with van der Waals surface area (Å²) in [5.74, 6) is -1.67. The molecule has 2 aromatic rings. The normalized spacial score (nSPS) is 14.4. The minimum atomic E-state index is -0.836. The van der Waals surface area contributed by atoms with Gasteiger partial charge in [-0.2, -0.15) is 0 Å². The van der Waals surface area contributed by atoms with Crippen LogP contribution in [0.25, 0.3) is 0 Å². The maximum absolute atomic E-state index is 13.7. The molecule has 4 nitrogen and oxygen atoms in total. The van der Waals surface area contributed by atoms with E-state index in [0.29, 0.717) is 0 Å². The van der Waals surface area contributed by atoms with Gasteiger partial charge in [-0.1, -0.05) is 37.1 Å². The van der Waals surface area contributed by atoms with Crippen LogP contribution in [0.15, 0.2) is 48.5 Å². The lowest BCUT2D eigenvalue weighted by molar-refractivity contribution is -0.138. The van der Waals surface area contributed by atoms with Crippen molar-refractivity contribution in [2.45, 2.75) is 25.7 Å². The smallest absolute Gasteiger partial charge is 0.346 e. The fourth-order valence-corrected chi connectivity index (χ4v) is 2.75. The molecule has 24 heavy (non-hydrogen) atoms. The monoisotopic (exact) mass is 328 g/mol. The first-order valence-electron chi connectivity index (χ1n) is 7.92. The van der Waals surface area contributed by atoms with Crippen molar-refractivity contribution in [2.75, 3.05) is 0 Å². The first-order valence-corrected chi connectivity index (χ1v) is 7.92. The van der Waals surface area contributed by atoms with Gasteiger partial charge < -0.3 is 9.47 Å². The quantitative estimate of drug-likeness (QED) is 0.625. The van der Waals surface area contributed by atoms with Crippen LogP contribution in [0, 0.1) is 11.7 Å². The van der Waals surface area contributed by atoms with Gasteiger partial charge in [0, 0.05) is 0 Å². The molecule has 0 aliphatic heterocycles. The molecule has 1 aliphatic carbocycles. The Morgan fingerprint density at radius 1 is 0.875 bits per heavy atom. The summed E-state index contributed by atoms with van der Waals surface area (Å²) in [6, 6.07) is 11.9. The zero-order valence-electron chi connectivity index (χ0n) is 13.0. The number of esters is 2. The van der Waals surface area contributed by atoms with Crippen molar-refractivity contribution in [3.8, 4) is 11.5 Å². The molecular formula is C19H17FO4. The fraction of sp³-hybridized carbons (Fsp3) is 0.263. The Morgan fingerprint density at radius 2 is 1.46 bits per heavy atom. The molecule has 0 atom stereocenters. The first-order chi connectivity index (χ1) is 11.6.